The molecule has 0 spiro atoms. The Balaban J connectivity index is 2.24. The molecule has 0 radical (unpaired) electrons. The molecule has 20 heavy (non-hydrogen) atoms. The summed E-state index contributed by atoms with van der Waals surface area (Å²) in [7, 11) is 0. The first-order valence-electron chi connectivity index (χ1n) is 6.22. The van der Waals surface area contributed by atoms with Crippen molar-refractivity contribution in [2.24, 2.45) is 0 Å². The van der Waals surface area contributed by atoms with E-state index in [1.807, 2.05) is 19.1 Å². The normalized spacial score (nSPS) is 11.9. The van der Waals surface area contributed by atoms with E-state index in [4.69, 9.17) is 11.6 Å². The van der Waals surface area contributed by atoms with Crippen LogP contribution in [-0.4, -0.2) is 9.91 Å². The predicted octanol–water partition coefficient (Wildman–Crippen LogP) is 4.21. The number of halogens is 1. The molecule has 0 amide bonds. The second-order valence-electron chi connectivity index (χ2n) is 4.32. The summed E-state index contributed by atoms with van der Waals surface area (Å²) >= 11 is 5.84. The fourth-order valence-electron chi connectivity index (χ4n) is 1.97. The van der Waals surface area contributed by atoms with Crippen molar-refractivity contribution in [3.8, 4) is 0 Å². The third-order valence-electron chi connectivity index (χ3n) is 2.96. The molecular formula is C14H14ClN3O2. The Morgan fingerprint density at radius 1 is 1.40 bits per heavy atom. The Kier molecular flexibility index (Phi) is 4.53. The highest BCUT2D eigenvalue weighted by molar-refractivity contribution is 6.29. The number of aromatic nitrogens is 1. The van der Waals surface area contributed by atoms with Gasteiger partial charge in [0.15, 0.2) is 0 Å². The quantitative estimate of drug-likeness (QED) is 0.509. The highest BCUT2D eigenvalue weighted by Gasteiger charge is 2.13. The number of hydrogen-bond donors (Lipinski definition) is 1. The molecule has 1 unspecified atom stereocenters. The molecule has 2 rings (SSSR count). The molecule has 0 aliphatic rings. The van der Waals surface area contributed by atoms with Crippen LogP contribution in [-0.2, 0) is 0 Å². The fraction of sp³-hybridized carbons (Fsp3) is 0.214. The van der Waals surface area contributed by atoms with Gasteiger partial charge in [-0.1, -0.05) is 30.7 Å². The minimum Gasteiger partial charge on any atom is -0.378 e. The smallest absolute Gasteiger partial charge is 0.269 e. The van der Waals surface area contributed by atoms with E-state index in [-0.39, 0.29) is 16.7 Å². The Morgan fingerprint density at radius 2 is 2.20 bits per heavy atom. The number of anilines is 1. The Hall–Kier alpha value is -2.14. The van der Waals surface area contributed by atoms with Gasteiger partial charge in [-0.05, 0) is 24.1 Å². The van der Waals surface area contributed by atoms with Crippen molar-refractivity contribution in [2.45, 2.75) is 19.4 Å². The molecule has 0 saturated heterocycles. The molecule has 1 heterocycles. The molecule has 0 saturated carbocycles. The van der Waals surface area contributed by atoms with Crippen LogP contribution in [0.25, 0.3) is 0 Å². The van der Waals surface area contributed by atoms with E-state index in [0.717, 1.165) is 17.7 Å². The number of nitrogens with one attached hydrogen (secondary N) is 1. The zero-order valence-electron chi connectivity index (χ0n) is 10.9. The van der Waals surface area contributed by atoms with Gasteiger partial charge in [-0.3, -0.25) is 10.1 Å². The molecule has 2 aromatic rings. The van der Waals surface area contributed by atoms with Crippen molar-refractivity contribution in [1.82, 2.24) is 4.98 Å². The van der Waals surface area contributed by atoms with Crippen LogP contribution >= 0.6 is 11.6 Å². The lowest BCUT2D eigenvalue weighted by Gasteiger charge is -2.18. The van der Waals surface area contributed by atoms with E-state index in [2.05, 4.69) is 10.3 Å². The predicted molar refractivity (Wildman–Crippen MR) is 79.0 cm³/mol. The summed E-state index contributed by atoms with van der Waals surface area (Å²) in [5.74, 6) is 0. The number of nitro benzene ring substituents is 1. The number of nitrogens with zero attached hydrogens (tertiary/aromatic N) is 2. The Labute approximate surface area is 121 Å². The molecule has 1 N–H and O–H groups in total. The first-order valence-corrected chi connectivity index (χ1v) is 6.60. The van der Waals surface area contributed by atoms with E-state index in [9.17, 15) is 10.1 Å². The minimum absolute atomic E-state index is 0.0200. The lowest BCUT2D eigenvalue weighted by atomic mass is 10.0. The monoisotopic (exact) mass is 291 g/mol. The van der Waals surface area contributed by atoms with E-state index >= 15 is 0 Å². The third kappa shape index (κ3) is 3.45. The molecule has 0 fully saturated rings. The Morgan fingerprint density at radius 3 is 2.85 bits per heavy atom. The maximum atomic E-state index is 10.8. The van der Waals surface area contributed by atoms with E-state index in [0.29, 0.717) is 5.15 Å². The first-order chi connectivity index (χ1) is 9.60. The van der Waals surface area contributed by atoms with Crippen molar-refractivity contribution in [1.29, 1.82) is 0 Å². The maximum absolute atomic E-state index is 10.8. The number of rotatable bonds is 5. The van der Waals surface area contributed by atoms with Crippen LogP contribution < -0.4 is 5.32 Å². The van der Waals surface area contributed by atoms with Gasteiger partial charge >= 0.3 is 0 Å². The van der Waals surface area contributed by atoms with Gasteiger partial charge in [0.1, 0.15) is 5.15 Å². The average Bonchev–Trinajstić information content (AvgIpc) is 2.45. The van der Waals surface area contributed by atoms with Crippen LogP contribution in [0.3, 0.4) is 0 Å². The summed E-state index contributed by atoms with van der Waals surface area (Å²) < 4.78 is 0. The molecule has 0 aliphatic heterocycles. The summed E-state index contributed by atoms with van der Waals surface area (Å²) in [6.07, 6.45) is 2.41. The van der Waals surface area contributed by atoms with Crippen LogP contribution in [0.15, 0.2) is 42.6 Å². The largest absolute Gasteiger partial charge is 0.378 e. The van der Waals surface area contributed by atoms with Crippen molar-refractivity contribution in [2.75, 3.05) is 5.32 Å². The van der Waals surface area contributed by atoms with Gasteiger partial charge in [0.25, 0.3) is 5.69 Å². The number of non-ortho nitro benzene ring substituents is 1. The van der Waals surface area contributed by atoms with E-state index in [1.54, 1.807) is 24.4 Å². The second-order valence-corrected chi connectivity index (χ2v) is 4.71. The summed E-state index contributed by atoms with van der Waals surface area (Å²) in [4.78, 5) is 14.4. The summed E-state index contributed by atoms with van der Waals surface area (Å²) in [5, 5.41) is 14.5. The van der Waals surface area contributed by atoms with E-state index in [1.165, 1.54) is 6.07 Å². The number of nitro groups is 1. The highest BCUT2D eigenvalue weighted by Crippen LogP contribution is 2.26. The van der Waals surface area contributed by atoms with Crippen LogP contribution in [0.4, 0.5) is 11.4 Å². The van der Waals surface area contributed by atoms with Gasteiger partial charge in [-0.2, -0.15) is 0 Å². The van der Waals surface area contributed by atoms with Crippen molar-refractivity contribution in [3.63, 3.8) is 0 Å². The molecule has 0 aliphatic carbocycles. The summed E-state index contributed by atoms with van der Waals surface area (Å²) in [6, 6.07) is 10.2. The van der Waals surface area contributed by atoms with Gasteiger partial charge in [0.05, 0.1) is 11.0 Å². The van der Waals surface area contributed by atoms with Crippen molar-refractivity contribution in [3.05, 3.63) is 63.4 Å². The molecule has 0 bridgehead atoms. The SMILES string of the molecule is CCC(Nc1ccnc(Cl)c1)c1cccc([N+](=O)[O-])c1. The third-order valence-corrected chi connectivity index (χ3v) is 3.17. The molecular weight excluding hydrogens is 278 g/mol. The van der Waals surface area contributed by atoms with Gasteiger partial charge in [-0.15, -0.1) is 0 Å². The second kappa shape index (κ2) is 6.34. The molecule has 1 atom stereocenters. The van der Waals surface area contributed by atoms with E-state index < -0.39 is 0 Å². The van der Waals surface area contributed by atoms with Crippen LogP contribution in [0.1, 0.15) is 24.9 Å². The molecule has 1 aromatic heterocycles. The molecule has 5 nitrogen and oxygen atoms in total. The van der Waals surface area contributed by atoms with Gasteiger partial charge in [-0.25, -0.2) is 4.98 Å². The van der Waals surface area contributed by atoms with Crippen LogP contribution in [0, 0.1) is 10.1 Å². The fourth-order valence-corrected chi connectivity index (χ4v) is 2.14. The number of hydrogen-bond acceptors (Lipinski definition) is 4. The molecule has 1 aromatic carbocycles. The topological polar surface area (TPSA) is 68.1 Å². The summed E-state index contributed by atoms with van der Waals surface area (Å²) in [6.45, 7) is 2.01. The van der Waals surface area contributed by atoms with Crippen molar-refractivity contribution >= 4 is 23.0 Å². The lowest BCUT2D eigenvalue weighted by molar-refractivity contribution is -0.384. The maximum Gasteiger partial charge on any atom is 0.269 e. The first kappa shape index (κ1) is 14.3. The lowest BCUT2D eigenvalue weighted by Crippen LogP contribution is -2.10. The molecule has 104 valence electrons. The average molecular weight is 292 g/mol. The van der Waals surface area contributed by atoms with Gasteiger partial charge in [0, 0.05) is 24.0 Å². The standard InChI is InChI=1S/C14H14ClN3O2/c1-2-13(17-11-6-7-16-14(15)9-11)10-4-3-5-12(8-10)18(19)20/h3-9,13H,2H2,1H3,(H,16,17). The van der Waals surface area contributed by atoms with Gasteiger partial charge < -0.3 is 5.32 Å². The zero-order chi connectivity index (χ0) is 14.5. The van der Waals surface area contributed by atoms with Crippen molar-refractivity contribution < 1.29 is 4.92 Å². The van der Waals surface area contributed by atoms with Gasteiger partial charge in [0.2, 0.25) is 0 Å². The number of benzene rings is 1. The number of pyridine rings is 1. The minimum atomic E-state index is -0.389. The van der Waals surface area contributed by atoms with Crippen LogP contribution in [0.5, 0.6) is 0 Å². The summed E-state index contributed by atoms with van der Waals surface area (Å²) in [5.41, 5.74) is 1.80. The molecule has 6 heteroatoms. The van der Waals surface area contributed by atoms with Crippen LogP contribution in [0.2, 0.25) is 5.15 Å². The highest BCUT2D eigenvalue weighted by atomic mass is 35.5. The Bertz CT molecular complexity index is 619. The zero-order valence-corrected chi connectivity index (χ0v) is 11.7.